The second-order valence-electron chi connectivity index (χ2n) is 20.5. The maximum atomic E-state index is 10.6. The van der Waals surface area contributed by atoms with Gasteiger partial charge in [0.05, 0.1) is 0 Å². The van der Waals surface area contributed by atoms with Crippen LogP contribution in [-0.2, 0) is 16.2 Å². The molecule has 57 heavy (non-hydrogen) atoms. The van der Waals surface area contributed by atoms with Crippen LogP contribution in [0.3, 0.4) is 0 Å². The Balaban J connectivity index is 0.000000218. The highest BCUT2D eigenvalue weighted by molar-refractivity contribution is 5.53. The Labute approximate surface area is 345 Å². The van der Waals surface area contributed by atoms with Gasteiger partial charge < -0.3 is 20.4 Å². The van der Waals surface area contributed by atoms with Gasteiger partial charge in [0.25, 0.3) is 0 Å². The van der Waals surface area contributed by atoms with E-state index in [1.807, 2.05) is 24.3 Å². The van der Waals surface area contributed by atoms with Crippen LogP contribution < -0.4 is 0 Å². The first-order valence-corrected chi connectivity index (χ1v) is 22.0. The summed E-state index contributed by atoms with van der Waals surface area (Å²) < 4.78 is 0. The Morgan fingerprint density at radius 2 is 0.825 bits per heavy atom. The lowest BCUT2D eigenvalue weighted by Crippen LogP contribution is -2.20. The normalized spacial score (nSPS) is 16.2. The predicted molar refractivity (Wildman–Crippen MR) is 240 cm³/mol. The van der Waals surface area contributed by atoms with E-state index in [2.05, 4.69) is 119 Å². The zero-order chi connectivity index (χ0) is 42.0. The monoisotopic (exact) mass is 775 g/mol. The summed E-state index contributed by atoms with van der Waals surface area (Å²) in [5.41, 5.74) is 11.0. The molecule has 4 nitrogen and oxygen atoms in total. The van der Waals surface area contributed by atoms with E-state index in [1.54, 1.807) is 0 Å². The van der Waals surface area contributed by atoms with E-state index >= 15 is 0 Å². The molecule has 0 aliphatic heterocycles. The first-order valence-electron chi connectivity index (χ1n) is 22.0. The third kappa shape index (κ3) is 10.0. The largest absolute Gasteiger partial charge is 0.508 e. The van der Waals surface area contributed by atoms with Crippen molar-refractivity contribution in [2.45, 2.75) is 181 Å². The summed E-state index contributed by atoms with van der Waals surface area (Å²) in [7, 11) is 0. The van der Waals surface area contributed by atoms with Gasteiger partial charge in [-0.3, -0.25) is 0 Å². The molecule has 4 aromatic carbocycles. The number of benzene rings is 4. The Kier molecular flexibility index (Phi) is 13.6. The number of phenolic OH excluding ortho intramolecular Hbond substituents is 4. The van der Waals surface area contributed by atoms with Gasteiger partial charge in [-0.25, -0.2) is 0 Å². The molecule has 0 unspecified atom stereocenters. The maximum Gasteiger partial charge on any atom is 0.119 e. The fourth-order valence-electron chi connectivity index (χ4n) is 9.71. The van der Waals surface area contributed by atoms with E-state index in [1.165, 1.54) is 86.5 Å². The molecule has 2 aliphatic carbocycles. The van der Waals surface area contributed by atoms with Crippen LogP contribution in [0.25, 0.3) is 0 Å². The van der Waals surface area contributed by atoms with Gasteiger partial charge in [0.2, 0.25) is 0 Å². The first kappa shape index (κ1) is 44.2. The molecule has 6 rings (SSSR count). The molecular weight excluding hydrogens is 701 g/mol. The standard InChI is InChI=1S/C27H36O2.C26H38O2/c1-27(2,21-13-15-25(28)23(17-21)19-9-5-3-6-10-19)22-14-16-26(29)24(18-22)20-11-7-4-8-12-20;1-15(2)24(18-13-20(25(5,6)7)22(27)11-16(18)3)19-14-21(26(8,9)10)23(28)12-17(19)4/h13-20,28-29H,3-12H2,1-2H3;11-15,24,27-28H,1-10H3. The smallest absolute Gasteiger partial charge is 0.119 e. The summed E-state index contributed by atoms with van der Waals surface area (Å²) in [6.45, 7) is 26.0. The lowest BCUT2D eigenvalue weighted by Gasteiger charge is -2.31. The van der Waals surface area contributed by atoms with Crippen LogP contribution in [-0.4, -0.2) is 20.4 Å². The average molecular weight is 775 g/mol. The summed E-state index contributed by atoms with van der Waals surface area (Å²) in [5.74, 6) is 3.18. The molecule has 2 fully saturated rings. The molecule has 0 heterocycles. The molecule has 0 aromatic heterocycles. The zero-order valence-electron chi connectivity index (χ0n) is 37.4. The number of aromatic hydroxyl groups is 4. The van der Waals surface area contributed by atoms with Crippen molar-refractivity contribution < 1.29 is 20.4 Å². The minimum Gasteiger partial charge on any atom is -0.508 e. The van der Waals surface area contributed by atoms with Crippen molar-refractivity contribution in [2.75, 3.05) is 0 Å². The molecule has 0 bridgehead atoms. The molecule has 4 N–H and O–H groups in total. The van der Waals surface area contributed by atoms with Gasteiger partial charge in [-0.05, 0) is 148 Å². The molecular formula is C53H74O4. The molecule has 0 saturated heterocycles. The van der Waals surface area contributed by atoms with Gasteiger partial charge in [-0.15, -0.1) is 0 Å². The second kappa shape index (κ2) is 17.5. The summed E-state index contributed by atoms with van der Waals surface area (Å²) in [6, 6.07) is 20.6. The zero-order valence-corrected chi connectivity index (χ0v) is 37.4. The van der Waals surface area contributed by atoms with Crippen molar-refractivity contribution >= 4 is 0 Å². The molecule has 4 heteroatoms. The van der Waals surface area contributed by atoms with Crippen LogP contribution in [0.4, 0.5) is 0 Å². The highest BCUT2D eigenvalue weighted by Gasteiger charge is 2.30. The Morgan fingerprint density at radius 3 is 1.14 bits per heavy atom. The lowest BCUT2D eigenvalue weighted by molar-refractivity contribution is 0.412. The Bertz CT molecular complexity index is 1850. The van der Waals surface area contributed by atoms with Crippen molar-refractivity contribution in [1.29, 1.82) is 0 Å². The first-order chi connectivity index (χ1) is 26.6. The molecule has 310 valence electrons. The van der Waals surface area contributed by atoms with Crippen molar-refractivity contribution in [3.8, 4) is 23.0 Å². The quantitative estimate of drug-likeness (QED) is 0.151. The van der Waals surface area contributed by atoms with Gasteiger partial charge in [-0.2, -0.15) is 0 Å². The molecule has 0 spiro atoms. The highest BCUT2D eigenvalue weighted by atomic mass is 16.3. The molecule has 0 amide bonds. The van der Waals surface area contributed by atoms with E-state index in [-0.39, 0.29) is 22.2 Å². The number of phenols is 4. The van der Waals surface area contributed by atoms with Crippen molar-refractivity contribution in [2.24, 2.45) is 5.92 Å². The third-order valence-corrected chi connectivity index (χ3v) is 13.3. The van der Waals surface area contributed by atoms with Crippen molar-refractivity contribution in [3.63, 3.8) is 0 Å². The fraction of sp³-hybridized carbons (Fsp3) is 0.547. The van der Waals surface area contributed by atoms with Gasteiger partial charge in [-0.1, -0.05) is 144 Å². The number of hydrogen-bond donors (Lipinski definition) is 4. The maximum absolute atomic E-state index is 10.6. The van der Waals surface area contributed by atoms with E-state index in [9.17, 15) is 20.4 Å². The summed E-state index contributed by atoms with van der Waals surface area (Å²) >= 11 is 0. The lowest BCUT2D eigenvalue weighted by atomic mass is 9.74. The number of rotatable bonds is 7. The van der Waals surface area contributed by atoms with Crippen LogP contribution in [0, 0.1) is 19.8 Å². The van der Waals surface area contributed by atoms with E-state index < -0.39 is 0 Å². The van der Waals surface area contributed by atoms with E-state index in [0.717, 1.165) is 33.4 Å². The van der Waals surface area contributed by atoms with Crippen LogP contribution in [0.2, 0.25) is 0 Å². The van der Waals surface area contributed by atoms with Crippen molar-refractivity contribution in [3.05, 3.63) is 116 Å². The molecule has 4 aromatic rings. The molecule has 0 radical (unpaired) electrons. The van der Waals surface area contributed by atoms with E-state index in [0.29, 0.717) is 40.8 Å². The van der Waals surface area contributed by atoms with Crippen LogP contribution in [0.1, 0.15) is 207 Å². The third-order valence-electron chi connectivity index (χ3n) is 13.3. The van der Waals surface area contributed by atoms with Crippen LogP contribution in [0.5, 0.6) is 23.0 Å². The van der Waals surface area contributed by atoms with Gasteiger partial charge in [0.15, 0.2) is 0 Å². The number of hydrogen-bond acceptors (Lipinski definition) is 4. The van der Waals surface area contributed by atoms with Crippen LogP contribution >= 0.6 is 0 Å². The van der Waals surface area contributed by atoms with Crippen molar-refractivity contribution in [1.82, 2.24) is 0 Å². The Morgan fingerprint density at radius 1 is 0.474 bits per heavy atom. The molecule has 0 atom stereocenters. The SMILES string of the molecule is CC(C)(c1ccc(O)c(C2CCCCC2)c1)c1ccc(O)c(C2CCCCC2)c1.Cc1cc(O)c(C(C)(C)C)cc1C(c1cc(C(C)(C)C)c(O)cc1C)C(C)C. The average Bonchev–Trinajstić information content (AvgIpc) is 3.13. The minimum absolute atomic E-state index is 0.130. The van der Waals surface area contributed by atoms with E-state index in [4.69, 9.17) is 0 Å². The Hall–Kier alpha value is -3.92. The second-order valence-corrected chi connectivity index (χ2v) is 20.5. The number of aryl methyl sites for hydroxylation is 2. The highest BCUT2D eigenvalue weighted by Crippen LogP contribution is 2.45. The summed E-state index contributed by atoms with van der Waals surface area (Å²) in [5, 5.41) is 42.2. The topological polar surface area (TPSA) is 80.9 Å². The minimum atomic E-state index is -0.172. The summed E-state index contributed by atoms with van der Waals surface area (Å²) in [4.78, 5) is 0. The van der Waals surface area contributed by atoms with Crippen LogP contribution in [0.15, 0.2) is 60.7 Å². The van der Waals surface area contributed by atoms with Gasteiger partial charge in [0, 0.05) is 11.3 Å². The fourth-order valence-corrected chi connectivity index (χ4v) is 9.71. The predicted octanol–water partition coefficient (Wildman–Crippen LogP) is 14.6. The van der Waals surface area contributed by atoms with Gasteiger partial charge in [0.1, 0.15) is 23.0 Å². The molecule has 2 aliphatic rings. The molecule has 2 saturated carbocycles. The summed E-state index contributed by atoms with van der Waals surface area (Å²) in [6.07, 6.45) is 12.4. The van der Waals surface area contributed by atoms with Gasteiger partial charge >= 0.3 is 0 Å².